The Morgan fingerprint density at radius 2 is 2.22 bits per heavy atom. The molecule has 0 amide bonds. The molecule has 0 bridgehead atoms. The average Bonchev–Trinajstić information content (AvgIpc) is 2.33. The van der Waals surface area contributed by atoms with Crippen LogP contribution in [0.25, 0.3) is 0 Å². The summed E-state index contributed by atoms with van der Waals surface area (Å²) in [5.41, 5.74) is 7.39. The summed E-state index contributed by atoms with van der Waals surface area (Å²) >= 11 is 0. The van der Waals surface area contributed by atoms with E-state index >= 15 is 0 Å². The summed E-state index contributed by atoms with van der Waals surface area (Å²) in [5, 5.41) is 0. The predicted octanol–water partition coefficient (Wildman–Crippen LogP) is 1.19. The van der Waals surface area contributed by atoms with E-state index in [0.29, 0.717) is 6.54 Å². The van der Waals surface area contributed by atoms with Gasteiger partial charge in [0.25, 0.3) is 0 Å². The molecule has 0 aliphatic rings. The smallest absolute Gasteiger partial charge is 0.204 e. The van der Waals surface area contributed by atoms with E-state index in [1.807, 2.05) is 23.6 Å². The van der Waals surface area contributed by atoms with Crippen molar-refractivity contribution in [2.45, 2.75) is 13.5 Å². The summed E-state index contributed by atoms with van der Waals surface area (Å²) in [6.45, 7) is 2.45. The van der Waals surface area contributed by atoms with Gasteiger partial charge in [-0.2, -0.15) is 0 Å². The van der Waals surface area contributed by atoms with Crippen LogP contribution in [0.15, 0.2) is 35.4 Å². The van der Waals surface area contributed by atoms with Crippen LogP contribution < -0.4 is 15.9 Å². The zero-order chi connectivity index (χ0) is 13.1. The van der Waals surface area contributed by atoms with E-state index in [2.05, 4.69) is 4.98 Å². The third-order valence-corrected chi connectivity index (χ3v) is 2.57. The maximum atomic E-state index is 11.2. The SMILES string of the molecule is COc1cc(C)nc(Cn2ccc(=O)c(N)c2)c1. The molecule has 0 atom stereocenters. The van der Waals surface area contributed by atoms with Gasteiger partial charge in [0.1, 0.15) is 5.75 Å². The Morgan fingerprint density at radius 1 is 1.44 bits per heavy atom. The molecule has 18 heavy (non-hydrogen) atoms. The van der Waals surface area contributed by atoms with Gasteiger partial charge in [0.2, 0.25) is 5.43 Å². The largest absolute Gasteiger partial charge is 0.497 e. The number of pyridine rings is 2. The summed E-state index contributed by atoms with van der Waals surface area (Å²) < 4.78 is 7.01. The summed E-state index contributed by atoms with van der Waals surface area (Å²) in [6.07, 6.45) is 3.30. The molecule has 5 nitrogen and oxygen atoms in total. The third kappa shape index (κ3) is 2.68. The molecule has 0 saturated carbocycles. The second-order valence-corrected chi connectivity index (χ2v) is 4.08. The fourth-order valence-corrected chi connectivity index (χ4v) is 1.73. The average molecular weight is 245 g/mol. The number of aryl methyl sites for hydroxylation is 1. The minimum absolute atomic E-state index is 0.166. The van der Waals surface area contributed by atoms with Gasteiger partial charge in [-0.05, 0) is 6.92 Å². The van der Waals surface area contributed by atoms with Crippen LogP contribution >= 0.6 is 0 Å². The molecular weight excluding hydrogens is 230 g/mol. The van der Waals surface area contributed by atoms with Crippen LogP contribution in [0.2, 0.25) is 0 Å². The molecule has 2 rings (SSSR count). The van der Waals surface area contributed by atoms with E-state index in [4.69, 9.17) is 10.5 Å². The van der Waals surface area contributed by atoms with E-state index in [0.717, 1.165) is 17.1 Å². The van der Waals surface area contributed by atoms with Crippen LogP contribution in [0.1, 0.15) is 11.4 Å². The molecule has 0 saturated heterocycles. The first-order valence-corrected chi connectivity index (χ1v) is 5.55. The van der Waals surface area contributed by atoms with Crippen molar-refractivity contribution in [3.05, 3.63) is 52.2 Å². The number of hydrogen-bond acceptors (Lipinski definition) is 4. The Morgan fingerprint density at radius 3 is 2.89 bits per heavy atom. The van der Waals surface area contributed by atoms with Crippen LogP contribution in [-0.2, 0) is 6.54 Å². The molecule has 2 N–H and O–H groups in total. The summed E-state index contributed by atoms with van der Waals surface area (Å²) in [5.74, 6) is 0.770. The van der Waals surface area contributed by atoms with Crippen LogP contribution in [0.5, 0.6) is 5.75 Å². The van der Waals surface area contributed by atoms with Gasteiger partial charge in [0, 0.05) is 36.3 Å². The van der Waals surface area contributed by atoms with Crippen molar-refractivity contribution >= 4 is 5.69 Å². The molecule has 0 aliphatic heterocycles. The molecule has 0 spiro atoms. The highest BCUT2D eigenvalue weighted by atomic mass is 16.5. The van der Waals surface area contributed by atoms with Gasteiger partial charge in [-0.25, -0.2) is 0 Å². The highest BCUT2D eigenvalue weighted by Gasteiger charge is 2.02. The van der Waals surface area contributed by atoms with Crippen molar-refractivity contribution < 1.29 is 4.74 Å². The Balaban J connectivity index is 2.30. The van der Waals surface area contributed by atoms with Crippen LogP contribution in [0, 0.1) is 6.92 Å². The second kappa shape index (κ2) is 4.91. The van der Waals surface area contributed by atoms with Crippen molar-refractivity contribution in [1.29, 1.82) is 0 Å². The number of nitrogens with zero attached hydrogens (tertiary/aromatic N) is 2. The number of methoxy groups -OCH3 is 1. The quantitative estimate of drug-likeness (QED) is 0.881. The van der Waals surface area contributed by atoms with E-state index < -0.39 is 0 Å². The number of anilines is 1. The van der Waals surface area contributed by atoms with Gasteiger partial charge in [-0.3, -0.25) is 9.78 Å². The Labute approximate surface area is 105 Å². The molecule has 94 valence electrons. The van der Waals surface area contributed by atoms with Crippen molar-refractivity contribution in [2.75, 3.05) is 12.8 Å². The standard InChI is InChI=1S/C13H15N3O2/c1-9-5-11(18-2)6-10(15-9)7-16-4-3-13(17)12(14)8-16/h3-6,8H,7,14H2,1-2H3. The lowest BCUT2D eigenvalue weighted by molar-refractivity contribution is 0.413. The Kier molecular flexibility index (Phi) is 3.32. The number of ether oxygens (including phenoxy) is 1. The minimum atomic E-state index is -0.166. The molecule has 2 aromatic rings. The van der Waals surface area contributed by atoms with Gasteiger partial charge in [-0.15, -0.1) is 0 Å². The number of nitrogens with two attached hydrogens (primary N) is 1. The Hall–Kier alpha value is -2.30. The second-order valence-electron chi connectivity index (χ2n) is 4.08. The van der Waals surface area contributed by atoms with Gasteiger partial charge in [0.05, 0.1) is 25.0 Å². The van der Waals surface area contributed by atoms with Crippen molar-refractivity contribution in [2.24, 2.45) is 0 Å². The zero-order valence-corrected chi connectivity index (χ0v) is 10.4. The predicted molar refractivity (Wildman–Crippen MR) is 69.7 cm³/mol. The van der Waals surface area contributed by atoms with Gasteiger partial charge >= 0.3 is 0 Å². The van der Waals surface area contributed by atoms with Gasteiger partial charge < -0.3 is 15.0 Å². The van der Waals surface area contributed by atoms with Crippen LogP contribution in [0.3, 0.4) is 0 Å². The zero-order valence-electron chi connectivity index (χ0n) is 10.4. The van der Waals surface area contributed by atoms with E-state index in [1.165, 1.54) is 6.07 Å². The molecule has 0 radical (unpaired) electrons. The van der Waals surface area contributed by atoms with Crippen molar-refractivity contribution in [3.8, 4) is 5.75 Å². The lowest BCUT2D eigenvalue weighted by atomic mass is 10.3. The normalized spacial score (nSPS) is 10.3. The molecule has 0 aliphatic carbocycles. The molecule has 2 heterocycles. The van der Waals surface area contributed by atoms with Crippen molar-refractivity contribution in [3.63, 3.8) is 0 Å². The lowest BCUT2D eigenvalue weighted by Gasteiger charge is -2.09. The highest BCUT2D eigenvalue weighted by Crippen LogP contribution is 2.14. The minimum Gasteiger partial charge on any atom is -0.497 e. The number of hydrogen-bond donors (Lipinski definition) is 1. The molecular formula is C13H15N3O2. The summed E-state index contributed by atoms with van der Waals surface area (Å²) in [4.78, 5) is 15.6. The first kappa shape index (κ1) is 12.2. The van der Waals surface area contributed by atoms with Gasteiger partial charge in [-0.1, -0.05) is 0 Å². The highest BCUT2D eigenvalue weighted by molar-refractivity contribution is 5.34. The first-order chi connectivity index (χ1) is 8.58. The van der Waals surface area contributed by atoms with E-state index in [9.17, 15) is 4.79 Å². The lowest BCUT2D eigenvalue weighted by Crippen LogP contribution is -2.12. The molecule has 5 heteroatoms. The number of rotatable bonds is 3. The maximum Gasteiger partial charge on any atom is 0.204 e. The summed E-state index contributed by atoms with van der Waals surface area (Å²) in [7, 11) is 1.62. The molecule has 0 aromatic carbocycles. The first-order valence-electron chi connectivity index (χ1n) is 5.55. The molecule has 2 aromatic heterocycles. The van der Waals surface area contributed by atoms with Gasteiger partial charge in [0.15, 0.2) is 0 Å². The summed E-state index contributed by atoms with van der Waals surface area (Å²) in [6, 6.07) is 5.17. The fraction of sp³-hybridized carbons (Fsp3) is 0.231. The fourth-order valence-electron chi connectivity index (χ4n) is 1.73. The molecule has 0 fully saturated rings. The number of aromatic nitrogens is 2. The monoisotopic (exact) mass is 245 g/mol. The number of nitrogen functional groups attached to an aromatic ring is 1. The van der Waals surface area contributed by atoms with E-state index in [1.54, 1.807) is 19.5 Å². The topological polar surface area (TPSA) is 70.1 Å². The third-order valence-electron chi connectivity index (χ3n) is 2.57. The van der Waals surface area contributed by atoms with E-state index in [-0.39, 0.29) is 11.1 Å². The molecule has 0 unspecified atom stereocenters. The van der Waals surface area contributed by atoms with Crippen LogP contribution in [-0.4, -0.2) is 16.7 Å². The Bertz CT molecular complexity index is 620. The maximum absolute atomic E-state index is 11.2. The van der Waals surface area contributed by atoms with Crippen LogP contribution in [0.4, 0.5) is 5.69 Å². The van der Waals surface area contributed by atoms with Crippen molar-refractivity contribution in [1.82, 2.24) is 9.55 Å².